The third kappa shape index (κ3) is 5.27. The van der Waals surface area contributed by atoms with Crippen molar-refractivity contribution in [3.63, 3.8) is 0 Å². The van der Waals surface area contributed by atoms with Gasteiger partial charge in [-0.2, -0.15) is 5.10 Å². The molecule has 0 atom stereocenters. The molecule has 0 saturated heterocycles. The van der Waals surface area contributed by atoms with Crippen LogP contribution in [0.3, 0.4) is 0 Å². The number of rotatable bonds is 6. The van der Waals surface area contributed by atoms with Gasteiger partial charge in [0.2, 0.25) is 0 Å². The fourth-order valence-electron chi connectivity index (χ4n) is 1.86. The van der Waals surface area contributed by atoms with E-state index < -0.39 is 6.03 Å². The van der Waals surface area contributed by atoms with Gasteiger partial charge in [0.25, 0.3) is 0 Å². The van der Waals surface area contributed by atoms with Gasteiger partial charge in [-0.15, -0.1) is 0 Å². The second kappa shape index (κ2) is 8.74. The molecule has 6 nitrogen and oxygen atoms in total. The molecule has 0 heterocycles. The van der Waals surface area contributed by atoms with Crippen molar-refractivity contribution in [3.8, 4) is 11.5 Å². The fraction of sp³-hybridized carbons (Fsp3) is 0.125. The second-order valence-corrected chi connectivity index (χ2v) is 6.28. The predicted octanol–water partition coefficient (Wildman–Crippen LogP) is 3.53. The van der Waals surface area contributed by atoms with E-state index in [2.05, 4.69) is 33.1 Å². The number of nitrogens with two attached hydrogens (primary N) is 1. The van der Waals surface area contributed by atoms with E-state index in [-0.39, 0.29) is 0 Å². The Labute approximate surface area is 158 Å². The van der Waals surface area contributed by atoms with Gasteiger partial charge in [-0.25, -0.2) is 10.2 Å². The quantitative estimate of drug-likeness (QED) is 0.394. The topological polar surface area (TPSA) is 85.9 Å². The van der Waals surface area contributed by atoms with Crippen LogP contribution in [0.4, 0.5) is 4.79 Å². The summed E-state index contributed by atoms with van der Waals surface area (Å²) in [7, 11) is 1.56. The van der Waals surface area contributed by atoms with Gasteiger partial charge in [0.05, 0.1) is 16.9 Å². The van der Waals surface area contributed by atoms with Crippen molar-refractivity contribution in [1.82, 2.24) is 5.43 Å². The highest BCUT2D eigenvalue weighted by Crippen LogP contribution is 2.34. The zero-order chi connectivity index (χ0) is 17.5. The molecule has 0 aromatic heterocycles. The molecular formula is C16H15ClIN3O3. The van der Waals surface area contributed by atoms with Crippen LogP contribution in [-0.2, 0) is 6.61 Å². The summed E-state index contributed by atoms with van der Waals surface area (Å²) in [6.45, 7) is 0.389. The molecule has 3 N–H and O–H groups in total. The van der Waals surface area contributed by atoms with Crippen molar-refractivity contribution in [3.05, 3.63) is 56.1 Å². The SMILES string of the molecule is COc1cc(/C=N\NC(N)=O)cc(I)c1OCc1ccc(Cl)cc1. The Morgan fingerprint density at radius 2 is 2.08 bits per heavy atom. The van der Waals surface area contributed by atoms with Crippen molar-refractivity contribution >= 4 is 46.4 Å². The monoisotopic (exact) mass is 459 g/mol. The largest absolute Gasteiger partial charge is 0.493 e. The van der Waals surface area contributed by atoms with Crippen LogP contribution in [0.15, 0.2) is 41.5 Å². The first-order chi connectivity index (χ1) is 11.5. The zero-order valence-corrected chi connectivity index (χ0v) is 15.7. The van der Waals surface area contributed by atoms with Gasteiger partial charge in [-0.1, -0.05) is 23.7 Å². The lowest BCUT2D eigenvalue weighted by Gasteiger charge is -2.13. The van der Waals surface area contributed by atoms with Crippen LogP contribution < -0.4 is 20.6 Å². The van der Waals surface area contributed by atoms with Gasteiger partial charge >= 0.3 is 6.03 Å². The molecule has 0 fully saturated rings. The number of carbonyl (C=O) groups excluding carboxylic acids is 1. The normalized spacial score (nSPS) is 10.6. The van der Waals surface area contributed by atoms with E-state index in [0.29, 0.717) is 23.1 Å². The Morgan fingerprint density at radius 1 is 1.38 bits per heavy atom. The summed E-state index contributed by atoms with van der Waals surface area (Å²) in [6, 6.07) is 10.3. The number of methoxy groups -OCH3 is 1. The predicted molar refractivity (Wildman–Crippen MR) is 102 cm³/mol. The first-order valence-corrected chi connectivity index (χ1v) is 8.28. The second-order valence-electron chi connectivity index (χ2n) is 4.68. The average Bonchev–Trinajstić information content (AvgIpc) is 2.54. The van der Waals surface area contributed by atoms with E-state index in [4.69, 9.17) is 26.8 Å². The number of hydrogen-bond acceptors (Lipinski definition) is 4. The van der Waals surface area contributed by atoms with Crippen LogP contribution in [0.25, 0.3) is 0 Å². The number of benzene rings is 2. The number of primary amides is 1. The van der Waals surface area contributed by atoms with Crippen molar-refractivity contribution < 1.29 is 14.3 Å². The summed E-state index contributed by atoms with van der Waals surface area (Å²) >= 11 is 8.02. The molecule has 0 unspecified atom stereocenters. The Kier molecular flexibility index (Phi) is 6.68. The number of urea groups is 1. The minimum Gasteiger partial charge on any atom is -0.493 e. The van der Waals surface area contributed by atoms with Gasteiger partial charge in [-0.05, 0) is 58.0 Å². The van der Waals surface area contributed by atoms with Gasteiger partial charge in [0.15, 0.2) is 11.5 Å². The number of nitrogens with one attached hydrogen (secondary N) is 1. The minimum absolute atomic E-state index is 0.389. The van der Waals surface area contributed by atoms with Crippen LogP contribution in [0.1, 0.15) is 11.1 Å². The zero-order valence-electron chi connectivity index (χ0n) is 12.8. The number of carbonyl (C=O) groups is 1. The fourth-order valence-corrected chi connectivity index (χ4v) is 2.77. The van der Waals surface area contributed by atoms with Crippen LogP contribution in [0.5, 0.6) is 11.5 Å². The number of nitrogens with zero attached hydrogens (tertiary/aromatic N) is 1. The standard InChI is InChI=1S/C16H15ClIN3O3/c1-23-14-7-11(8-20-21-16(19)22)6-13(18)15(14)24-9-10-2-4-12(17)5-3-10/h2-8H,9H2,1H3,(H3,19,21,22)/b20-8-. The van der Waals surface area contributed by atoms with Crippen LogP contribution in [0, 0.1) is 3.57 Å². The number of hydrogen-bond donors (Lipinski definition) is 2. The van der Waals surface area contributed by atoms with Crippen molar-refractivity contribution in [1.29, 1.82) is 0 Å². The molecule has 0 aliphatic heterocycles. The van der Waals surface area contributed by atoms with E-state index in [0.717, 1.165) is 14.7 Å². The van der Waals surface area contributed by atoms with Crippen LogP contribution in [-0.4, -0.2) is 19.4 Å². The lowest BCUT2D eigenvalue weighted by Crippen LogP contribution is -2.24. The molecule has 0 saturated carbocycles. The molecule has 2 aromatic carbocycles. The number of ether oxygens (including phenoxy) is 2. The van der Waals surface area contributed by atoms with E-state index in [9.17, 15) is 4.79 Å². The molecule has 126 valence electrons. The van der Waals surface area contributed by atoms with E-state index in [1.54, 1.807) is 13.2 Å². The third-order valence-corrected chi connectivity index (χ3v) is 3.99. The highest BCUT2D eigenvalue weighted by molar-refractivity contribution is 14.1. The van der Waals surface area contributed by atoms with Crippen LogP contribution >= 0.6 is 34.2 Å². The molecule has 0 aliphatic carbocycles. The maximum absolute atomic E-state index is 10.6. The first kappa shape index (κ1) is 18.3. The van der Waals surface area contributed by atoms with Crippen molar-refractivity contribution in [2.24, 2.45) is 10.8 Å². The number of amides is 2. The first-order valence-electron chi connectivity index (χ1n) is 6.83. The molecule has 8 heteroatoms. The summed E-state index contributed by atoms with van der Waals surface area (Å²) < 4.78 is 12.1. The molecule has 2 rings (SSSR count). The van der Waals surface area contributed by atoms with Gasteiger partial charge in [0, 0.05) is 5.02 Å². The smallest absolute Gasteiger partial charge is 0.332 e. The molecule has 2 amide bonds. The summed E-state index contributed by atoms with van der Waals surface area (Å²) in [5.74, 6) is 1.20. The molecule has 24 heavy (non-hydrogen) atoms. The lowest BCUT2D eigenvalue weighted by molar-refractivity contribution is 0.249. The summed E-state index contributed by atoms with van der Waals surface area (Å²) in [5.41, 5.74) is 8.83. The molecule has 0 spiro atoms. The highest BCUT2D eigenvalue weighted by atomic mass is 127. The number of hydrazone groups is 1. The van der Waals surface area contributed by atoms with Crippen molar-refractivity contribution in [2.75, 3.05) is 7.11 Å². The summed E-state index contributed by atoms with van der Waals surface area (Å²) in [6.07, 6.45) is 1.47. The van der Waals surface area contributed by atoms with Crippen molar-refractivity contribution in [2.45, 2.75) is 6.61 Å². The highest BCUT2D eigenvalue weighted by Gasteiger charge is 2.11. The summed E-state index contributed by atoms with van der Waals surface area (Å²) in [4.78, 5) is 10.6. The Morgan fingerprint density at radius 3 is 2.71 bits per heavy atom. The van der Waals surface area contributed by atoms with Gasteiger partial charge in [0.1, 0.15) is 6.61 Å². The maximum atomic E-state index is 10.6. The van der Waals surface area contributed by atoms with E-state index >= 15 is 0 Å². The van der Waals surface area contributed by atoms with E-state index in [1.807, 2.05) is 30.3 Å². The Bertz CT molecular complexity index is 751. The maximum Gasteiger partial charge on any atom is 0.332 e. The Balaban J connectivity index is 2.15. The summed E-state index contributed by atoms with van der Waals surface area (Å²) in [5, 5.41) is 4.41. The van der Waals surface area contributed by atoms with Gasteiger partial charge < -0.3 is 15.2 Å². The Hall–Kier alpha value is -2.00. The average molecular weight is 460 g/mol. The minimum atomic E-state index is -0.726. The van der Waals surface area contributed by atoms with E-state index in [1.165, 1.54) is 6.21 Å². The molecule has 0 bridgehead atoms. The van der Waals surface area contributed by atoms with Crippen LogP contribution in [0.2, 0.25) is 5.02 Å². The lowest BCUT2D eigenvalue weighted by atomic mass is 10.2. The third-order valence-electron chi connectivity index (χ3n) is 2.94. The molecular weight excluding hydrogens is 445 g/mol. The molecule has 0 aliphatic rings. The van der Waals surface area contributed by atoms with Gasteiger partial charge in [-0.3, -0.25) is 0 Å². The molecule has 0 radical (unpaired) electrons. The number of halogens is 2. The molecule has 2 aromatic rings.